The van der Waals surface area contributed by atoms with E-state index in [2.05, 4.69) is 32.6 Å². The lowest BCUT2D eigenvalue weighted by atomic mass is 10.2. The van der Waals surface area contributed by atoms with Crippen LogP contribution in [0, 0.1) is 6.92 Å². The van der Waals surface area contributed by atoms with Gasteiger partial charge in [0.05, 0.1) is 10.9 Å². The number of aryl methyl sites for hydroxylation is 2. The van der Waals surface area contributed by atoms with Crippen LogP contribution in [-0.4, -0.2) is 13.4 Å². The lowest BCUT2D eigenvalue weighted by Crippen LogP contribution is -2.27. The van der Waals surface area contributed by atoms with Gasteiger partial charge in [0.1, 0.15) is 5.01 Å². The first kappa shape index (κ1) is 16.6. The molecule has 114 valence electrons. The predicted octanol–water partition coefficient (Wildman–Crippen LogP) is 3.82. The Labute approximate surface area is 137 Å². The van der Waals surface area contributed by atoms with Crippen LogP contribution in [-0.2, 0) is 16.4 Å². The van der Waals surface area contributed by atoms with Crippen molar-refractivity contribution in [2.45, 2.75) is 38.1 Å². The summed E-state index contributed by atoms with van der Waals surface area (Å²) in [6.07, 6.45) is 2.70. The Hall–Kier alpha value is -0.760. The van der Waals surface area contributed by atoms with Crippen molar-refractivity contribution in [1.29, 1.82) is 0 Å². The molecule has 7 heteroatoms. The molecule has 0 bridgehead atoms. The van der Waals surface area contributed by atoms with E-state index in [1.54, 1.807) is 31.3 Å². The lowest BCUT2D eigenvalue weighted by Gasteiger charge is -2.13. The summed E-state index contributed by atoms with van der Waals surface area (Å²) < 4.78 is 28.2. The molecule has 0 spiro atoms. The van der Waals surface area contributed by atoms with Crippen molar-refractivity contribution in [3.8, 4) is 0 Å². The molecule has 1 unspecified atom stereocenters. The molecule has 0 saturated carbocycles. The molecule has 1 N–H and O–H groups in total. The number of sulfonamides is 1. The molecule has 0 radical (unpaired) electrons. The average Bonchev–Trinajstić information content (AvgIpc) is 2.86. The molecule has 0 aliphatic heterocycles. The molecule has 4 nitrogen and oxygen atoms in total. The Morgan fingerprint density at radius 2 is 2.14 bits per heavy atom. The standard InChI is InChI=1S/C14H17BrN2O2S2/c1-4-11-8-16-14(20-11)10(3)17-21(18,19)13-6-5-9(2)7-12(13)15/h5-8,10,17H,4H2,1-3H3. The van der Waals surface area contributed by atoms with E-state index in [4.69, 9.17) is 0 Å². The highest BCUT2D eigenvalue weighted by Crippen LogP contribution is 2.26. The van der Waals surface area contributed by atoms with Crippen molar-refractivity contribution < 1.29 is 8.42 Å². The zero-order valence-electron chi connectivity index (χ0n) is 12.1. The minimum Gasteiger partial charge on any atom is -0.248 e. The van der Waals surface area contributed by atoms with Gasteiger partial charge in [0.15, 0.2) is 0 Å². The molecule has 1 aromatic heterocycles. The molecule has 2 aromatic rings. The first-order chi connectivity index (χ1) is 9.83. The second-order valence-electron chi connectivity index (χ2n) is 4.80. The van der Waals surface area contributed by atoms with Crippen LogP contribution in [0.5, 0.6) is 0 Å². The molecule has 0 aliphatic rings. The molecule has 0 saturated heterocycles. The number of hydrogen-bond donors (Lipinski definition) is 1. The molecule has 2 rings (SSSR count). The predicted molar refractivity (Wildman–Crippen MR) is 89.1 cm³/mol. The fraction of sp³-hybridized carbons (Fsp3) is 0.357. The first-order valence-corrected chi connectivity index (χ1v) is 9.66. The summed E-state index contributed by atoms with van der Waals surface area (Å²) in [6, 6.07) is 4.82. The second kappa shape index (κ2) is 6.56. The highest BCUT2D eigenvalue weighted by molar-refractivity contribution is 9.10. The van der Waals surface area contributed by atoms with E-state index in [1.807, 2.05) is 6.92 Å². The third-order valence-electron chi connectivity index (χ3n) is 3.00. The summed E-state index contributed by atoms with van der Waals surface area (Å²) in [5, 5.41) is 0.777. The van der Waals surface area contributed by atoms with Gasteiger partial charge in [0.25, 0.3) is 0 Å². The van der Waals surface area contributed by atoms with Gasteiger partial charge < -0.3 is 0 Å². The van der Waals surface area contributed by atoms with E-state index in [1.165, 1.54) is 11.3 Å². The van der Waals surface area contributed by atoms with Gasteiger partial charge in [0, 0.05) is 15.5 Å². The number of aromatic nitrogens is 1. The Kier molecular flexibility index (Phi) is 5.19. The Bertz CT molecular complexity index is 741. The van der Waals surface area contributed by atoms with Crippen molar-refractivity contribution in [2.24, 2.45) is 0 Å². The van der Waals surface area contributed by atoms with E-state index in [0.29, 0.717) is 4.47 Å². The third-order valence-corrected chi connectivity index (χ3v) is 6.84. The highest BCUT2D eigenvalue weighted by atomic mass is 79.9. The van der Waals surface area contributed by atoms with Crippen LogP contribution in [0.15, 0.2) is 33.8 Å². The highest BCUT2D eigenvalue weighted by Gasteiger charge is 2.22. The van der Waals surface area contributed by atoms with Crippen molar-refractivity contribution in [2.75, 3.05) is 0 Å². The molecule has 1 atom stereocenters. The minimum atomic E-state index is -3.58. The number of halogens is 1. The smallest absolute Gasteiger partial charge is 0.242 e. The minimum absolute atomic E-state index is 0.243. The van der Waals surface area contributed by atoms with Crippen LogP contribution >= 0.6 is 27.3 Å². The normalized spacial score (nSPS) is 13.3. The maximum Gasteiger partial charge on any atom is 0.242 e. The maximum absolute atomic E-state index is 12.5. The van der Waals surface area contributed by atoms with E-state index in [-0.39, 0.29) is 10.9 Å². The van der Waals surface area contributed by atoms with Crippen molar-refractivity contribution in [3.63, 3.8) is 0 Å². The fourth-order valence-electron chi connectivity index (χ4n) is 1.86. The van der Waals surface area contributed by atoms with Gasteiger partial charge in [-0.15, -0.1) is 11.3 Å². The molecule has 21 heavy (non-hydrogen) atoms. The van der Waals surface area contributed by atoms with E-state index in [9.17, 15) is 8.42 Å². The van der Waals surface area contributed by atoms with Crippen LogP contribution in [0.3, 0.4) is 0 Å². The maximum atomic E-state index is 12.5. The van der Waals surface area contributed by atoms with Gasteiger partial charge >= 0.3 is 0 Å². The number of hydrogen-bond acceptors (Lipinski definition) is 4. The largest absolute Gasteiger partial charge is 0.248 e. The summed E-state index contributed by atoms with van der Waals surface area (Å²) in [7, 11) is -3.58. The van der Waals surface area contributed by atoms with Crippen LogP contribution < -0.4 is 4.72 Å². The molecule has 1 heterocycles. The van der Waals surface area contributed by atoms with Gasteiger partial charge in [-0.1, -0.05) is 13.0 Å². The number of nitrogens with zero attached hydrogens (tertiary/aromatic N) is 1. The number of nitrogens with one attached hydrogen (secondary N) is 1. The lowest BCUT2D eigenvalue weighted by molar-refractivity contribution is 0.566. The van der Waals surface area contributed by atoms with Crippen LogP contribution in [0.2, 0.25) is 0 Å². The monoisotopic (exact) mass is 388 g/mol. The Morgan fingerprint density at radius 1 is 1.43 bits per heavy atom. The van der Waals surface area contributed by atoms with Gasteiger partial charge in [-0.2, -0.15) is 0 Å². The first-order valence-electron chi connectivity index (χ1n) is 6.56. The topological polar surface area (TPSA) is 59.1 Å². The molecule has 0 fully saturated rings. The van der Waals surface area contributed by atoms with Crippen LogP contribution in [0.4, 0.5) is 0 Å². The summed E-state index contributed by atoms with van der Waals surface area (Å²) in [5.41, 5.74) is 1.00. The fourth-order valence-corrected chi connectivity index (χ4v) is 5.19. The number of rotatable bonds is 5. The average molecular weight is 389 g/mol. The Morgan fingerprint density at radius 3 is 2.71 bits per heavy atom. The number of benzene rings is 1. The van der Waals surface area contributed by atoms with Gasteiger partial charge in [-0.25, -0.2) is 18.1 Å². The summed E-state index contributed by atoms with van der Waals surface area (Å²) >= 11 is 4.85. The quantitative estimate of drug-likeness (QED) is 0.846. The van der Waals surface area contributed by atoms with Crippen molar-refractivity contribution in [3.05, 3.63) is 44.3 Å². The van der Waals surface area contributed by atoms with Gasteiger partial charge in [0.2, 0.25) is 10.0 Å². The molecule has 0 amide bonds. The van der Waals surface area contributed by atoms with Gasteiger partial charge in [-0.3, -0.25) is 0 Å². The second-order valence-corrected chi connectivity index (χ2v) is 8.48. The summed E-state index contributed by atoms with van der Waals surface area (Å²) in [4.78, 5) is 5.67. The molecular formula is C14H17BrN2O2S2. The molecule has 1 aromatic carbocycles. The van der Waals surface area contributed by atoms with E-state index in [0.717, 1.165) is 21.9 Å². The van der Waals surface area contributed by atoms with Crippen LogP contribution in [0.25, 0.3) is 0 Å². The van der Waals surface area contributed by atoms with Crippen molar-refractivity contribution >= 4 is 37.3 Å². The van der Waals surface area contributed by atoms with E-state index >= 15 is 0 Å². The van der Waals surface area contributed by atoms with Crippen molar-refractivity contribution in [1.82, 2.24) is 9.71 Å². The van der Waals surface area contributed by atoms with Gasteiger partial charge in [-0.05, 0) is 53.9 Å². The summed E-state index contributed by atoms with van der Waals surface area (Å²) in [5.74, 6) is 0. The third kappa shape index (κ3) is 3.91. The Balaban J connectivity index is 2.24. The molecular weight excluding hydrogens is 372 g/mol. The zero-order valence-corrected chi connectivity index (χ0v) is 15.3. The zero-order chi connectivity index (χ0) is 15.6. The number of thiazole rings is 1. The van der Waals surface area contributed by atoms with Crippen LogP contribution in [0.1, 0.15) is 35.3 Å². The van der Waals surface area contributed by atoms with E-state index < -0.39 is 10.0 Å². The SMILES string of the molecule is CCc1cnc(C(C)NS(=O)(=O)c2ccc(C)cc2Br)s1. The summed E-state index contributed by atoms with van der Waals surface area (Å²) in [6.45, 7) is 5.77. The molecule has 0 aliphatic carbocycles.